The van der Waals surface area contributed by atoms with Crippen LogP contribution < -0.4 is 25.2 Å². The molecule has 0 radical (unpaired) electrons. The van der Waals surface area contributed by atoms with Gasteiger partial charge in [-0.25, -0.2) is 0 Å². The number of aromatic nitrogens is 1. The van der Waals surface area contributed by atoms with Crippen molar-refractivity contribution in [1.82, 2.24) is 9.88 Å². The van der Waals surface area contributed by atoms with Crippen LogP contribution in [0.4, 0.5) is 27.6 Å². The number of nitrogens with zero attached hydrogens (tertiary/aromatic N) is 2. The number of nitrogens with one attached hydrogen (secondary N) is 1. The molecule has 1 aromatic heterocycles. The van der Waals surface area contributed by atoms with E-state index in [1.807, 2.05) is 0 Å². The van der Waals surface area contributed by atoms with E-state index in [0.29, 0.717) is 16.9 Å². The third-order valence-electron chi connectivity index (χ3n) is 6.73. The Morgan fingerprint density at radius 3 is 2.24 bits per heavy atom. The summed E-state index contributed by atoms with van der Waals surface area (Å²) in [6.07, 6.45) is -4.46. The molecule has 2 heterocycles. The summed E-state index contributed by atoms with van der Waals surface area (Å²) in [6.45, 7) is -2.14. The molecule has 1 N–H and O–H groups in total. The van der Waals surface area contributed by atoms with Crippen LogP contribution in [0.3, 0.4) is 0 Å². The van der Waals surface area contributed by atoms with Crippen LogP contribution in [0.25, 0.3) is 0 Å². The highest BCUT2D eigenvalue weighted by molar-refractivity contribution is 6.05. The fraction of sp³-hybridized carbons (Fsp3) is 0.321. The van der Waals surface area contributed by atoms with Crippen LogP contribution in [0.5, 0.6) is 11.5 Å². The number of pyridine rings is 1. The van der Waals surface area contributed by atoms with Crippen molar-refractivity contribution in [2.75, 3.05) is 18.6 Å². The van der Waals surface area contributed by atoms with Gasteiger partial charge in [-0.3, -0.25) is 14.4 Å². The Bertz CT molecular complexity index is 1460. The standard InChI is InChI=1S/C28H26F5N3O5/c1-16-11-13-35(14-12-28(31,32)33)26(39)23(16)36-15-21(17-3-7-19(40-2)8-4-17)22(25(36)38)34-24(37)18-5-9-20(10-6-18)41-27(29)30/h3-11,13,21-22,27H,12,14-15H2,1-2H3,(H,34,37)/t21-,22-/m0/s1. The number of anilines is 1. The maximum atomic E-state index is 13.7. The molecule has 41 heavy (non-hydrogen) atoms. The average molecular weight is 580 g/mol. The summed E-state index contributed by atoms with van der Waals surface area (Å²) in [6, 6.07) is 11.9. The molecular weight excluding hydrogens is 553 g/mol. The van der Waals surface area contributed by atoms with Gasteiger partial charge in [0.15, 0.2) is 0 Å². The van der Waals surface area contributed by atoms with Crippen molar-refractivity contribution in [3.8, 4) is 11.5 Å². The van der Waals surface area contributed by atoms with Gasteiger partial charge in [-0.2, -0.15) is 22.0 Å². The lowest BCUT2D eigenvalue weighted by Crippen LogP contribution is -2.44. The second kappa shape index (κ2) is 12.0. The predicted molar refractivity (Wildman–Crippen MR) is 139 cm³/mol. The van der Waals surface area contributed by atoms with E-state index in [2.05, 4.69) is 10.1 Å². The molecular formula is C28H26F5N3O5. The molecule has 0 saturated carbocycles. The van der Waals surface area contributed by atoms with Crippen molar-refractivity contribution < 1.29 is 41.0 Å². The van der Waals surface area contributed by atoms with E-state index < -0.39 is 55.1 Å². The van der Waals surface area contributed by atoms with Gasteiger partial charge in [-0.15, -0.1) is 0 Å². The van der Waals surface area contributed by atoms with Crippen LogP contribution in [-0.4, -0.2) is 48.9 Å². The first-order chi connectivity index (χ1) is 19.4. The normalized spacial score (nSPS) is 17.2. The Morgan fingerprint density at radius 1 is 1.02 bits per heavy atom. The number of halogens is 5. The molecule has 1 aliphatic heterocycles. The third kappa shape index (κ3) is 6.84. The first-order valence-corrected chi connectivity index (χ1v) is 12.5. The average Bonchev–Trinajstić information content (AvgIpc) is 3.23. The number of hydrogen-bond acceptors (Lipinski definition) is 5. The molecule has 0 spiro atoms. The Morgan fingerprint density at radius 2 is 1.66 bits per heavy atom. The number of aryl methyl sites for hydroxylation is 2. The van der Waals surface area contributed by atoms with Crippen LogP contribution in [0, 0.1) is 6.92 Å². The molecule has 2 amide bonds. The summed E-state index contributed by atoms with van der Waals surface area (Å²) in [5.74, 6) is -1.57. The largest absolute Gasteiger partial charge is 0.497 e. The molecule has 2 aromatic carbocycles. The second-order valence-corrected chi connectivity index (χ2v) is 9.39. The lowest BCUT2D eigenvalue weighted by Gasteiger charge is -2.20. The Kier molecular flexibility index (Phi) is 8.64. The van der Waals surface area contributed by atoms with Gasteiger partial charge in [-0.05, 0) is 60.5 Å². The number of carbonyl (C=O) groups is 2. The Balaban J connectivity index is 1.67. The maximum Gasteiger partial charge on any atom is 0.390 e. The monoisotopic (exact) mass is 579 g/mol. The highest BCUT2D eigenvalue weighted by atomic mass is 19.4. The minimum atomic E-state index is -4.48. The molecule has 1 aliphatic rings. The van der Waals surface area contributed by atoms with Crippen molar-refractivity contribution in [2.24, 2.45) is 0 Å². The zero-order valence-corrected chi connectivity index (χ0v) is 22.0. The van der Waals surface area contributed by atoms with Gasteiger partial charge < -0.3 is 24.3 Å². The fourth-order valence-corrected chi connectivity index (χ4v) is 4.66. The molecule has 2 atom stereocenters. The summed E-state index contributed by atoms with van der Waals surface area (Å²) >= 11 is 0. The highest BCUT2D eigenvalue weighted by Crippen LogP contribution is 2.33. The van der Waals surface area contributed by atoms with E-state index in [1.165, 1.54) is 48.5 Å². The van der Waals surface area contributed by atoms with Crippen molar-refractivity contribution in [1.29, 1.82) is 0 Å². The Labute approximate surface area is 231 Å². The SMILES string of the molecule is COc1ccc([C@@H]2CN(c3c(C)ccn(CCC(F)(F)F)c3=O)C(=O)[C@H]2NC(=O)c2ccc(OC(F)F)cc2)cc1. The van der Waals surface area contributed by atoms with E-state index in [9.17, 15) is 36.3 Å². The number of ether oxygens (including phenoxy) is 2. The summed E-state index contributed by atoms with van der Waals surface area (Å²) in [5, 5.41) is 2.67. The molecule has 218 valence electrons. The molecule has 0 aliphatic carbocycles. The number of hydrogen-bond donors (Lipinski definition) is 1. The van der Waals surface area contributed by atoms with E-state index in [4.69, 9.17) is 4.74 Å². The second-order valence-electron chi connectivity index (χ2n) is 9.39. The molecule has 0 unspecified atom stereocenters. The molecule has 3 aromatic rings. The van der Waals surface area contributed by atoms with E-state index in [0.717, 1.165) is 4.57 Å². The number of rotatable bonds is 9. The fourth-order valence-electron chi connectivity index (χ4n) is 4.66. The van der Waals surface area contributed by atoms with E-state index in [1.54, 1.807) is 31.2 Å². The third-order valence-corrected chi connectivity index (χ3v) is 6.73. The van der Waals surface area contributed by atoms with Crippen molar-refractivity contribution in [3.63, 3.8) is 0 Å². The summed E-state index contributed by atoms with van der Waals surface area (Å²) in [7, 11) is 1.48. The number of methoxy groups -OCH3 is 1. The van der Waals surface area contributed by atoms with Crippen LogP contribution in [0.1, 0.15) is 33.8 Å². The topological polar surface area (TPSA) is 89.9 Å². The molecule has 1 fully saturated rings. The van der Waals surface area contributed by atoms with Gasteiger partial charge in [0.2, 0.25) is 5.91 Å². The molecule has 13 heteroatoms. The number of amides is 2. The number of benzene rings is 2. The van der Waals surface area contributed by atoms with Crippen molar-refractivity contribution in [2.45, 2.75) is 44.6 Å². The first kappa shape index (κ1) is 29.6. The lowest BCUT2D eigenvalue weighted by atomic mass is 9.93. The summed E-state index contributed by atoms with van der Waals surface area (Å²) < 4.78 is 73.8. The van der Waals surface area contributed by atoms with Gasteiger partial charge in [0.25, 0.3) is 11.5 Å². The van der Waals surface area contributed by atoms with Crippen LogP contribution in [-0.2, 0) is 11.3 Å². The van der Waals surface area contributed by atoms with Crippen LogP contribution >= 0.6 is 0 Å². The summed E-state index contributed by atoms with van der Waals surface area (Å²) in [4.78, 5) is 41.3. The number of carbonyl (C=O) groups excluding carboxylic acids is 2. The minimum Gasteiger partial charge on any atom is -0.497 e. The minimum absolute atomic E-state index is 0.0450. The zero-order chi connectivity index (χ0) is 29.9. The van der Waals surface area contributed by atoms with Crippen molar-refractivity contribution in [3.05, 3.63) is 87.8 Å². The molecule has 8 nitrogen and oxygen atoms in total. The van der Waals surface area contributed by atoms with E-state index >= 15 is 0 Å². The van der Waals surface area contributed by atoms with Gasteiger partial charge >= 0.3 is 12.8 Å². The number of alkyl halides is 5. The summed E-state index contributed by atoms with van der Waals surface area (Å²) in [5.41, 5.74) is 0.234. The quantitative estimate of drug-likeness (QED) is 0.373. The zero-order valence-electron chi connectivity index (χ0n) is 22.0. The Hall–Kier alpha value is -4.42. The predicted octanol–water partition coefficient (Wildman–Crippen LogP) is 4.65. The molecule has 4 rings (SSSR count). The van der Waals surface area contributed by atoms with E-state index in [-0.39, 0.29) is 23.5 Å². The lowest BCUT2D eigenvalue weighted by molar-refractivity contribution is -0.136. The highest BCUT2D eigenvalue weighted by Gasteiger charge is 2.44. The van der Waals surface area contributed by atoms with Crippen molar-refractivity contribution >= 4 is 17.5 Å². The maximum absolute atomic E-state index is 13.7. The first-order valence-electron chi connectivity index (χ1n) is 12.5. The van der Waals surface area contributed by atoms with Gasteiger partial charge in [0.1, 0.15) is 23.2 Å². The van der Waals surface area contributed by atoms with Gasteiger partial charge in [-0.1, -0.05) is 12.1 Å². The van der Waals surface area contributed by atoms with Crippen LogP contribution in [0.15, 0.2) is 65.6 Å². The van der Waals surface area contributed by atoms with Gasteiger partial charge in [0.05, 0.1) is 13.5 Å². The smallest absolute Gasteiger partial charge is 0.390 e. The molecule has 0 bridgehead atoms. The molecule has 1 saturated heterocycles. The van der Waals surface area contributed by atoms with Crippen LogP contribution in [0.2, 0.25) is 0 Å². The van der Waals surface area contributed by atoms with Gasteiger partial charge in [0, 0.05) is 30.8 Å².